The van der Waals surface area contributed by atoms with E-state index in [0.29, 0.717) is 0 Å². The number of hydrogen-bond donors (Lipinski definition) is 0. The zero-order valence-corrected chi connectivity index (χ0v) is 18.5. The summed E-state index contributed by atoms with van der Waals surface area (Å²) in [5.74, 6) is 0. The monoisotopic (exact) mass is 423 g/mol. The van der Waals surface area contributed by atoms with E-state index in [1.165, 1.54) is 21.9 Å². The van der Waals surface area contributed by atoms with Gasteiger partial charge in [0.2, 0.25) is 0 Å². The third kappa shape index (κ3) is 2.79. The quantitative estimate of drug-likeness (QED) is 0.259. The molecule has 0 N–H and O–H groups in total. The van der Waals surface area contributed by atoms with Crippen LogP contribution in [0.5, 0.6) is 0 Å². The third-order valence-electron chi connectivity index (χ3n) is 6.21. The van der Waals surface area contributed by atoms with E-state index in [1.807, 2.05) is 18.2 Å². The van der Waals surface area contributed by atoms with Crippen molar-refractivity contribution < 1.29 is 4.42 Å². The molecular formula is C28H22ClNO. The van der Waals surface area contributed by atoms with E-state index in [9.17, 15) is 0 Å². The van der Waals surface area contributed by atoms with Gasteiger partial charge in [0.25, 0.3) is 0 Å². The molecule has 0 fully saturated rings. The fourth-order valence-electron chi connectivity index (χ4n) is 4.59. The highest BCUT2D eigenvalue weighted by Gasteiger charge is 2.19. The number of aromatic nitrogens is 1. The second-order valence-corrected chi connectivity index (χ2v) is 9.69. The molecule has 0 amide bonds. The van der Waals surface area contributed by atoms with E-state index in [1.54, 1.807) is 0 Å². The summed E-state index contributed by atoms with van der Waals surface area (Å²) in [6, 6.07) is 27.6. The van der Waals surface area contributed by atoms with Crippen LogP contribution < -0.4 is 0 Å². The van der Waals surface area contributed by atoms with Crippen LogP contribution >= 0.6 is 11.6 Å². The smallest absolute Gasteiger partial charge is 0.135 e. The maximum atomic E-state index is 6.44. The molecule has 31 heavy (non-hydrogen) atoms. The topological polar surface area (TPSA) is 18.1 Å². The van der Waals surface area contributed by atoms with Crippen LogP contribution in [0.1, 0.15) is 26.3 Å². The molecule has 4 aromatic carbocycles. The number of furan rings is 1. The molecule has 3 heteroatoms. The minimum Gasteiger partial charge on any atom is -0.456 e. The van der Waals surface area contributed by atoms with Crippen molar-refractivity contribution in [3.8, 4) is 5.69 Å². The van der Waals surface area contributed by atoms with Crippen molar-refractivity contribution in [1.29, 1.82) is 0 Å². The molecule has 0 aliphatic rings. The number of rotatable bonds is 1. The van der Waals surface area contributed by atoms with E-state index in [2.05, 4.69) is 86.0 Å². The molecule has 0 unspecified atom stereocenters. The summed E-state index contributed by atoms with van der Waals surface area (Å²) >= 11 is 6.44. The number of nitrogens with zero attached hydrogens (tertiary/aromatic N) is 1. The molecule has 6 rings (SSSR count). The average Bonchev–Trinajstić information content (AvgIpc) is 3.27. The standard InChI is InChI=1S/C28H22ClNO/c1-28(2,3)17-8-12-24-22(14-17)20-11-9-18(29)15-25(20)30(24)19-10-13-27-23(16-19)21-6-4-5-7-26(21)31-27/h4-16H,1-3H3. The van der Waals surface area contributed by atoms with Crippen molar-refractivity contribution in [2.75, 3.05) is 0 Å². The van der Waals surface area contributed by atoms with E-state index in [0.717, 1.165) is 38.2 Å². The molecule has 0 spiro atoms. The first-order chi connectivity index (χ1) is 14.9. The minimum absolute atomic E-state index is 0.0870. The lowest BCUT2D eigenvalue weighted by Gasteiger charge is -2.19. The van der Waals surface area contributed by atoms with Crippen LogP contribution in [-0.4, -0.2) is 4.57 Å². The minimum atomic E-state index is 0.0870. The number of hydrogen-bond acceptors (Lipinski definition) is 1. The lowest BCUT2D eigenvalue weighted by atomic mass is 9.86. The predicted molar refractivity (Wildman–Crippen MR) is 132 cm³/mol. The van der Waals surface area contributed by atoms with Gasteiger partial charge in [-0.1, -0.05) is 62.7 Å². The van der Waals surface area contributed by atoms with Gasteiger partial charge in [-0.15, -0.1) is 0 Å². The molecule has 152 valence electrons. The van der Waals surface area contributed by atoms with Crippen molar-refractivity contribution in [3.05, 3.63) is 89.4 Å². The van der Waals surface area contributed by atoms with Crippen LogP contribution in [0.2, 0.25) is 5.02 Å². The number of halogens is 1. The van der Waals surface area contributed by atoms with Crippen LogP contribution in [0.3, 0.4) is 0 Å². The van der Waals surface area contributed by atoms with Gasteiger partial charge in [-0.3, -0.25) is 0 Å². The summed E-state index contributed by atoms with van der Waals surface area (Å²) in [5, 5.41) is 5.45. The molecule has 0 saturated carbocycles. The highest BCUT2D eigenvalue weighted by molar-refractivity contribution is 6.31. The van der Waals surface area contributed by atoms with Crippen molar-refractivity contribution in [1.82, 2.24) is 4.57 Å². The molecular weight excluding hydrogens is 402 g/mol. The van der Waals surface area contributed by atoms with Gasteiger partial charge in [0.1, 0.15) is 11.2 Å². The molecule has 0 atom stereocenters. The largest absolute Gasteiger partial charge is 0.456 e. The molecule has 2 aromatic heterocycles. The fourth-order valence-corrected chi connectivity index (χ4v) is 4.76. The Balaban J connectivity index is 1.71. The normalized spacial score (nSPS) is 12.5. The summed E-state index contributed by atoms with van der Waals surface area (Å²) in [6.45, 7) is 6.76. The highest BCUT2D eigenvalue weighted by Crippen LogP contribution is 2.38. The Morgan fingerprint density at radius 2 is 1.48 bits per heavy atom. The maximum absolute atomic E-state index is 6.44. The Labute approximate surface area is 185 Å². The molecule has 0 radical (unpaired) electrons. The van der Waals surface area contributed by atoms with Gasteiger partial charge in [-0.25, -0.2) is 0 Å². The van der Waals surface area contributed by atoms with Crippen molar-refractivity contribution in [2.45, 2.75) is 26.2 Å². The number of para-hydroxylation sites is 1. The van der Waals surface area contributed by atoms with E-state index < -0.39 is 0 Å². The summed E-state index contributed by atoms with van der Waals surface area (Å²) in [5.41, 5.74) is 6.62. The zero-order valence-electron chi connectivity index (χ0n) is 17.7. The van der Waals surface area contributed by atoms with Crippen LogP contribution in [-0.2, 0) is 5.41 Å². The first-order valence-electron chi connectivity index (χ1n) is 10.6. The van der Waals surface area contributed by atoms with Crippen LogP contribution in [0.25, 0.3) is 49.4 Å². The Morgan fingerprint density at radius 3 is 2.32 bits per heavy atom. The Morgan fingerprint density at radius 1 is 0.677 bits per heavy atom. The van der Waals surface area contributed by atoms with Gasteiger partial charge in [-0.2, -0.15) is 0 Å². The van der Waals surface area contributed by atoms with E-state index in [-0.39, 0.29) is 5.41 Å². The zero-order chi connectivity index (χ0) is 21.3. The molecule has 0 aliphatic heterocycles. The van der Waals surface area contributed by atoms with Gasteiger partial charge in [0.05, 0.1) is 11.0 Å². The lowest BCUT2D eigenvalue weighted by Crippen LogP contribution is -2.10. The molecule has 0 aliphatic carbocycles. The molecule has 2 heterocycles. The van der Waals surface area contributed by atoms with Crippen molar-refractivity contribution in [3.63, 3.8) is 0 Å². The second kappa shape index (κ2) is 6.38. The predicted octanol–water partition coefficient (Wildman–Crippen LogP) is 8.63. The summed E-state index contributed by atoms with van der Waals surface area (Å²) in [4.78, 5) is 0. The van der Waals surface area contributed by atoms with Gasteiger partial charge in [-0.05, 0) is 59.5 Å². The van der Waals surface area contributed by atoms with Crippen LogP contribution in [0.4, 0.5) is 0 Å². The summed E-state index contributed by atoms with van der Waals surface area (Å²) in [6.07, 6.45) is 0. The van der Waals surface area contributed by atoms with Crippen LogP contribution in [0.15, 0.2) is 83.3 Å². The van der Waals surface area contributed by atoms with E-state index >= 15 is 0 Å². The van der Waals surface area contributed by atoms with Crippen molar-refractivity contribution in [2.24, 2.45) is 0 Å². The van der Waals surface area contributed by atoms with Gasteiger partial charge >= 0.3 is 0 Å². The molecule has 2 nitrogen and oxygen atoms in total. The summed E-state index contributed by atoms with van der Waals surface area (Å²) in [7, 11) is 0. The second-order valence-electron chi connectivity index (χ2n) is 9.26. The van der Waals surface area contributed by atoms with Crippen LogP contribution in [0, 0.1) is 0 Å². The van der Waals surface area contributed by atoms with Gasteiger partial charge in [0.15, 0.2) is 0 Å². The lowest BCUT2D eigenvalue weighted by molar-refractivity contribution is 0.591. The van der Waals surface area contributed by atoms with Crippen molar-refractivity contribution >= 4 is 55.3 Å². The average molecular weight is 424 g/mol. The SMILES string of the molecule is CC(C)(C)c1ccc2c(c1)c1ccc(Cl)cc1n2-c1ccc2oc3ccccc3c2c1. The van der Waals surface area contributed by atoms with E-state index in [4.69, 9.17) is 16.0 Å². The molecule has 6 aromatic rings. The van der Waals surface area contributed by atoms with Gasteiger partial charge in [0, 0.05) is 32.3 Å². The number of fused-ring (bicyclic) bond motifs is 6. The first-order valence-corrected chi connectivity index (χ1v) is 10.9. The fraction of sp³-hybridized carbons (Fsp3) is 0.143. The Hall–Kier alpha value is -3.23. The summed E-state index contributed by atoms with van der Waals surface area (Å²) < 4.78 is 8.35. The highest BCUT2D eigenvalue weighted by atomic mass is 35.5. The molecule has 0 bridgehead atoms. The third-order valence-corrected chi connectivity index (χ3v) is 6.45. The first kappa shape index (κ1) is 18.5. The molecule has 0 saturated heterocycles. The Kier molecular flexibility index (Phi) is 3.82. The van der Waals surface area contributed by atoms with Gasteiger partial charge < -0.3 is 8.98 Å². The Bertz CT molecular complexity index is 1630. The maximum Gasteiger partial charge on any atom is 0.135 e. The number of benzene rings is 4.